The Hall–Kier alpha value is -1.00. The van der Waals surface area contributed by atoms with E-state index in [-0.39, 0.29) is 6.92 Å². The van der Waals surface area contributed by atoms with E-state index in [0.717, 1.165) is 0 Å². The molecule has 0 aromatic carbocycles. The van der Waals surface area contributed by atoms with E-state index in [9.17, 15) is 39.6 Å². The molecule has 1 atom stereocenters. The average molecular weight is 273 g/mol. The summed E-state index contributed by atoms with van der Waals surface area (Å²) >= 11 is 0. The SMILES string of the molecule is CC(C(=O)NS(=O)(=O)C(F)(F)F)C(F)(F)F. The van der Waals surface area contributed by atoms with Crippen molar-refractivity contribution in [1.29, 1.82) is 0 Å². The third kappa shape index (κ3) is 3.54. The number of alkyl halides is 6. The molecule has 4 nitrogen and oxygen atoms in total. The van der Waals surface area contributed by atoms with Crippen molar-refractivity contribution in [1.82, 2.24) is 4.72 Å². The quantitative estimate of drug-likeness (QED) is 0.768. The van der Waals surface area contributed by atoms with Crippen LogP contribution in [0.2, 0.25) is 0 Å². The van der Waals surface area contributed by atoms with Crippen molar-refractivity contribution in [2.24, 2.45) is 5.92 Å². The Bertz CT molecular complexity index is 369. The fraction of sp³-hybridized carbons (Fsp3) is 0.800. The first kappa shape index (κ1) is 15.0. The molecule has 0 spiro atoms. The van der Waals surface area contributed by atoms with Crippen LogP contribution < -0.4 is 4.72 Å². The molecule has 0 saturated heterocycles. The van der Waals surface area contributed by atoms with Crippen LogP contribution in [0, 0.1) is 5.92 Å². The van der Waals surface area contributed by atoms with Gasteiger partial charge in [-0.3, -0.25) is 4.79 Å². The molecule has 0 fully saturated rings. The normalized spacial score (nSPS) is 15.7. The van der Waals surface area contributed by atoms with Crippen molar-refractivity contribution in [2.45, 2.75) is 18.6 Å². The van der Waals surface area contributed by atoms with Crippen LogP contribution in [0.1, 0.15) is 6.92 Å². The van der Waals surface area contributed by atoms with Crippen molar-refractivity contribution in [3.63, 3.8) is 0 Å². The van der Waals surface area contributed by atoms with Gasteiger partial charge in [0, 0.05) is 0 Å². The van der Waals surface area contributed by atoms with E-state index in [1.807, 2.05) is 0 Å². The van der Waals surface area contributed by atoms with Gasteiger partial charge in [0.05, 0.1) is 0 Å². The van der Waals surface area contributed by atoms with Crippen molar-refractivity contribution >= 4 is 15.9 Å². The zero-order valence-corrected chi connectivity index (χ0v) is 8.29. The Labute approximate surface area is 85.7 Å². The number of halogens is 6. The minimum Gasteiger partial charge on any atom is -0.273 e. The van der Waals surface area contributed by atoms with Crippen LogP contribution in [0.5, 0.6) is 0 Å². The number of nitrogens with one attached hydrogen (secondary N) is 1. The molecule has 0 aliphatic rings. The predicted octanol–water partition coefficient (Wildman–Crippen LogP) is 1.15. The number of carbonyl (C=O) groups is 1. The Morgan fingerprint density at radius 2 is 1.50 bits per heavy atom. The van der Waals surface area contributed by atoms with Crippen molar-refractivity contribution < 1.29 is 39.6 Å². The molecule has 0 aromatic heterocycles. The molecule has 0 rings (SSSR count). The molecule has 1 unspecified atom stereocenters. The molecule has 0 bridgehead atoms. The van der Waals surface area contributed by atoms with Gasteiger partial charge >= 0.3 is 21.7 Å². The van der Waals surface area contributed by atoms with Gasteiger partial charge in [-0.15, -0.1) is 0 Å². The second-order valence-corrected chi connectivity index (χ2v) is 4.35. The van der Waals surface area contributed by atoms with E-state index in [2.05, 4.69) is 0 Å². The van der Waals surface area contributed by atoms with Crippen molar-refractivity contribution in [3.8, 4) is 0 Å². The van der Waals surface area contributed by atoms with Crippen molar-refractivity contribution in [2.75, 3.05) is 0 Å². The largest absolute Gasteiger partial charge is 0.516 e. The maximum absolute atomic E-state index is 11.8. The lowest BCUT2D eigenvalue weighted by molar-refractivity contribution is -0.177. The molecule has 0 heterocycles. The van der Waals surface area contributed by atoms with E-state index < -0.39 is 33.5 Å². The topological polar surface area (TPSA) is 63.2 Å². The minimum atomic E-state index is -6.10. The fourth-order valence-electron chi connectivity index (χ4n) is 0.427. The van der Waals surface area contributed by atoms with Gasteiger partial charge in [0.15, 0.2) is 0 Å². The Kier molecular flexibility index (Phi) is 3.85. The fourth-order valence-corrected chi connectivity index (χ4v) is 0.985. The second-order valence-electron chi connectivity index (χ2n) is 2.68. The van der Waals surface area contributed by atoms with E-state index in [0.29, 0.717) is 4.72 Å². The predicted molar refractivity (Wildman–Crippen MR) is 38.3 cm³/mol. The molecule has 0 aliphatic heterocycles. The van der Waals surface area contributed by atoms with Crippen LogP contribution in [0.4, 0.5) is 26.3 Å². The minimum absolute atomic E-state index is 0.237. The lowest BCUT2D eigenvalue weighted by Crippen LogP contribution is -2.45. The lowest BCUT2D eigenvalue weighted by Gasteiger charge is -2.16. The van der Waals surface area contributed by atoms with Crippen LogP contribution in [-0.4, -0.2) is 26.0 Å². The van der Waals surface area contributed by atoms with Crippen molar-refractivity contribution in [3.05, 3.63) is 0 Å². The highest BCUT2D eigenvalue weighted by atomic mass is 32.2. The van der Waals surface area contributed by atoms with E-state index in [1.165, 1.54) is 0 Å². The first-order valence-corrected chi connectivity index (χ1v) is 4.97. The number of carbonyl (C=O) groups excluding carboxylic acids is 1. The molecular weight excluding hydrogens is 268 g/mol. The van der Waals surface area contributed by atoms with E-state index >= 15 is 0 Å². The van der Waals surface area contributed by atoms with Crippen LogP contribution in [0.15, 0.2) is 0 Å². The summed E-state index contributed by atoms with van der Waals surface area (Å²) in [5, 5.41) is 0. The van der Waals surface area contributed by atoms with Crippen LogP contribution in [-0.2, 0) is 14.8 Å². The summed E-state index contributed by atoms with van der Waals surface area (Å²) in [5.74, 6) is -5.14. The molecule has 1 N–H and O–H groups in total. The molecule has 16 heavy (non-hydrogen) atoms. The summed E-state index contributed by atoms with van der Waals surface area (Å²) in [4.78, 5) is 10.5. The lowest BCUT2D eigenvalue weighted by atomic mass is 10.2. The third-order valence-corrected chi connectivity index (χ3v) is 2.50. The summed E-state index contributed by atoms with van der Waals surface area (Å²) in [6.45, 7) is 0.237. The van der Waals surface area contributed by atoms with Gasteiger partial charge < -0.3 is 0 Å². The zero-order chi connectivity index (χ0) is 13.4. The maximum atomic E-state index is 11.8. The molecule has 1 amide bonds. The summed E-state index contributed by atoms with van der Waals surface area (Å²) in [5.41, 5.74) is -5.84. The highest BCUT2D eigenvalue weighted by Gasteiger charge is 2.50. The van der Waals surface area contributed by atoms with Gasteiger partial charge in [-0.05, 0) is 6.92 Å². The zero-order valence-electron chi connectivity index (χ0n) is 7.48. The van der Waals surface area contributed by atoms with E-state index in [4.69, 9.17) is 0 Å². The van der Waals surface area contributed by atoms with Crippen LogP contribution >= 0.6 is 0 Å². The van der Waals surface area contributed by atoms with Crippen LogP contribution in [0.25, 0.3) is 0 Å². The molecule has 0 saturated carbocycles. The molecule has 11 heteroatoms. The van der Waals surface area contributed by atoms with Gasteiger partial charge in [-0.2, -0.15) is 34.8 Å². The molecular formula is C5H5F6NO3S. The number of hydrogen-bond donors (Lipinski definition) is 1. The molecule has 0 aromatic rings. The Balaban J connectivity index is 4.86. The Morgan fingerprint density at radius 1 is 1.12 bits per heavy atom. The second kappa shape index (κ2) is 4.11. The number of hydrogen-bond acceptors (Lipinski definition) is 3. The van der Waals surface area contributed by atoms with Crippen LogP contribution in [0.3, 0.4) is 0 Å². The highest BCUT2D eigenvalue weighted by Crippen LogP contribution is 2.27. The third-order valence-electron chi connectivity index (χ3n) is 1.42. The highest BCUT2D eigenvalue weighted by molar-refractivity contribution is 7.90. The van der Waals surface area contributed by atoms with E-state index in [1.54, 1.807) is 0 Å². The average Bonchev–Trinajstić information content (AvgIpc) is 1.97. The number of rotatable bonds is 2. The Morgan fingerprint density at radius 3 is 1.75 bits per heavy atom. The molecule has 0 radical (unpaired) electrons. The molecule has 0 aliphatic carbocycles. The van der Waals surface area contributed by atoms with Gasteiger partial charge in [0.1, 0.15) is 5.92 Å². The smallest absolute Gasteiger partial charge is 0.273 e. The maximum Gasteiger partial charge on any atom is 0.516 e. The standard InChI is InChI=1S/C5H5F6NO3S/c1-2(4(6,7)8)3(13)12-16(14,15)5(9,10)11/h2H,1H3,(H,12,13). The van der Waals surface area contributed by atoms with Gasteiger partial charge in [-0.25, -0.2) is 4.72 Å². The summed E-state index contributed by atoms with van der Waals surface area (Å²) in [6.07, 6.45) is -5.12. The first-order valence-electron chi connectivity index (χ1n) is 3.48. The summed E-state index contributed by atoms with van der Waals surface area (Å²) < 4.78 is 91.3. The summed E-state index contributed by atoms with van der Waals surface area (Å²) in [7, 11) is -6.10. The van der Waals surface area contributed by atoms with Gasteiger partial charge in [0.25, 0.3) is 0 Å². The summed E-state index contributed by atoms with van der Waals surface area (Å²) in [6, 6.07) is 0. The molecule has 96 valence electrons. The van der Waals surface area contributed by atoms with Gasteiger partial charge in [0.2, 0.25) is 5.91 Å². The monoisotopic (exact) mass is 273 g/mol. The first-order chi connectivity index (χ1) is 6.79. The van der Waals surface area contributed by atoms with Gasteiger partial charge in [-0.1, -0.05) is 0 Å². The number of amides is 1. The number of sulfonamides is 1.